The zero-order valence-corrected chi connectivity index (χ0v) is 18.6. The number of likely N-dealkylation sites (tertiary alicyclic amines) is 1. The smallest absolute Gasteiger partial charge is 0.227 e. The van der Waals surface area contributed by atoms with Gasteiger partial charge >= 0.3 is 0 Å². The first-order valence-electron chi connectivity index (χ1n) is 11.0. The normalized spacial score (nSPS) is 17.1. The van der Waals surface area contributed by atoms with Gasteiger partial charge in [0.25, 0.3) is 0 Å². The lowest BCUT2D eigenvalue weighted by molar-refractivity contribution is -0.131. The molecule has 0 radical (unpaired) electrons. The van der Waals surface area contributed by atoms with E-state index < -0.39 is 0 Å². The van der Waals surface area contributed by atoms with E-state index in [1.807, 2.05) is 31.1 Å². The van der Waals surface area contributed by atoms with Gasteiger partial charge in [-0.3, -0.25) is 9.69 Å². The van der Waals surface area contributed by atoms with Crippen molar-refractivity contribution >= 4 is 5.91 Å². The van der Waals surface area contributed by atoms with Crippen LogP contribution < -0.4 is 0 Å². The first-order valence-corrected chi connectivity index (χ1v) is 11.0. The Morgan fingerprint density at radius 3 is 2.29 bits per heavy atom. The summed E-state index contributed by atoms with van der Waals surface area (Å²) < 4.78 is 28.1. The minimum atomic E-state index is -0.336. The topological polar surface area (TPSA) is 26.8 Å². The third-order valence-corrected chi connectivity index (χ3v) is 5.90. The van der Waals surface area contributed by atoms with Crippen LogP contribution in [0.5, 0.6) is 0 Å². The van der Waals surface area contributed by atoms with Crippen LogP contribution in [0.3, 0.4) is 0 Å². The molecule has 168 valence electrons. The van der Waals surface area contributed by atoms with Gasteiger partial charge in [0.1, 0.15) is 11.6 Å². The zero-order chi connectivity index (χ0) is 22.2. The van der Waals surface area contributed by atoms with E-state index in [1.54, 1.807) is 24.3 Å². The highest BCUT2D eigenvalue weighted by Gasteiger charge is 2.25. The summed E-state index contributed by atoms with van der Waals surface area (Å²) in [5.74, 6) is -0.222. The molecule has 0 aliphatic carbocycles. The van der Waals surface area contributed by atoms with Gasteiger partial charge < -0.3 is 9.80 Å². The fraction of sp³-hybridized carbons (Fsp3) is 0.480. The largest absolute Gasteiger partial charge is 0.341 e. The Bertz CT molecular complexity index is 858. The maximum absolute atomic E-state index is 14.1. The van der Waals surface area contributed by atoms with Crippen LogP contribution in [0.15, 0.2) is 48.5 Å². The van der Waals surface area contributed by atoms with Gasteiger partial charge in [-0.2, -0.15) is 0 Å². The van der Waals surface area contributed by atoms with E-state index in [-0.39, 0.29) is 24.0 Å². The summed E-state index contributed by atoms with van der Waals surface area (Å²) in [5, 5.41) is 0. The van der Waals surface area contributed by atoms with Gasteiger partial charge in [-0.05, 0) is 57.1 Å². The standard InChI is InChI=1S/C25H33F2N3O/c1-28(2)14-15-30(25(31)16-21-9-3-5-11-23(21)26)18-20-8-7-13-29(17-20)19-22-10-4-6-12-24(22)27/h3-6,9-12,20H,7-8,13-19H2,1-2H3/t20-/m0/s1. The van der Waals surface area contributed by atoms with Crippen molar-refractivity contribution in [3.05, 3.63) is 71.3 Å². The third kappa shape index (κ3) is 7.11. The van der Waals surface area contributed by atoms with Crippen molar-refractivity contribution in [2.45, 2.75) is 25.8 Å². The molecule has 2 aromatic carbocycles. The molecule has 6 heteroatoms. The Kier molecular flexibility index (Phi) is 8.55. The Morgan fingerprint density at radius 2 is 1.65 bits per heavy atom. The van der Waals surface area contributed by atoms with Gasteiger partial charge in [0.05, 0.1) is 6.42 Å². The van der Waals surface area contributed by atoms with Crippen molar-refractivity contribution in [3.8, 4) is 0 Å². The first kappa shape index (κ1) is 23.4. The minimum absolute atomic E-state index is 0.0434. The fourth-order valence-corrected chi connectivity index (χ4v) is 4.18. The molecule has 1 fully saturated rings. The number of halogens is 2. The number of piperidine rings is 1. The van der Waals surface area contributed by atoms with E-state index in [0.29, 0.717) is 36.7 Å². The van der Waals surface area contributed by atoms with Gasteiger partial charge in [0, 0.05) is 38.3 Å². The fourth-order valence-electron chi connectivity index (χ4n) is 4.18. The minimum Gasteiger partial charge on any atom is -0.341 e. The summed E-state index contributed by atoms with van der Waals surface area (Å²) in [5.41, 5.74) is 1.15. The molecule has 1 aliphatic heterocycles. The second kappa shape index (κ2) is 11.3. The van der Waals surface area contributed by atoms with Gasteiger partial charge in [0.15, 0.2) is 0 Å². The van der Waals surface area contributed by atoms with Gasteiger partial charge in [-0.15, -0.1) is 0 Å². The molecule has 1 heterocycles. The lowest BCUT2D eigenvalue weighted by Gasteiger charge is -2.36. The van der Waals surface area contributed by atoms with E-state index in [9.17, 15) is 13.6 Å². The molecule has 1 aliphatic rings. The second-order valence-corrected chi connectivity index (χ2v) is 8.75. The van der Waals surface area contributed by atoms with Crippen LogP contribution in [0.1, 0.15) is 24.0 Å². The number of hydrogen-bond acceptors (Lipinski definition) is 3. The number of rotatable bonds is 9. The molecule has 0 spiro atoms. The maximum atomic E-state index is 14.1. The zero-order valence-electron chi connectivity index (χ0n) is 18.6. The Labute approximate surface area is 184 Å². The predicted molar refractivity (Wildman–Crippen MR) is 120 cm³/mol. The Balaban J connectivity index is 1.63. The molecule has 0 saturated carbocycles. The highest BCUT2D eigenvalue weighted by Crippen LogP contribution is 2.21. The first-order chi connectivity index (χ1) is 14.9. The predicted octanol–water partition coefficient (Wildman–Crippen LogP) is 3.81. The average Bonchev–Trinajstić information content (AvgIpc) is 2.74. The number of nitrogens with zero attached hydrogens (tertiary/aromatic N) is 3. The van der Waals surface area contributed by atoms with Crippen molar-refractivity contribution in [3.63, 3.8) is 0 Å². The molecule has 1 amide bonds. The summed E-state index contributed by atoms with van der Waals surface area (Å²) in [4.78, 5) is 19.3. The molecule has 0 bridgehead atoms. The molecule has 0 N–H and O–H groups in total. The summed E-state index contributed by atoms with van der Waals surface area (Å²) in [6.07, 6.45) is 2.15. The average molecular weight is 430 g/mol. The lowest BCUT2D eigenvalue weighted by Crippen LogP contribution is -2.45. The molecule has 3 rings (SSSR count). The number of likely N-dealkylation sites (N-methyl/N-ethyl adjacent to an activating group) is 1. The van der Waals surface area contributed by atoms with Gasteiger partial charge in [-0.1, -0.05) is 36.4 Å². The number of amides is 1. The monoisotopic (exact) mass is 429 g/mol. The van der Waals surface area contributed by atoms with Crippen LogP contribution in [-0.4, -0.2) is 67.4 Å². The van der Waals surface area contributed by atoms with Crippen molar-refractivity contribution in [1.29, 1.82) is 0 Å². The van der Waals surface area contributed by atoms with E-state index in [2.05, 4.69) is 9.80 Å². The SMILES string of the molecule is CN(C)CCN(C[C@H]1CCCN(Cc2ccccc2F)C1)C(=O)Cc1ccccc1F. The number of hydrogen-bond donors (Lipinski definition) is 0. The van der Waals surface area contributed by atoms with E-state index in [0.717, 1.165) is 32.5 Å². The summed E-state index contributed by atoms with van der Waals surface area (Å²) in [6.45, 7) is 4.38. The van der Waals surface area contributed by atoms with Crippen molar-refractivity contribution in [2.24, 2.45) is 5.92 Å². The van der Waals surface area contributed by atoms with Gasteiger partial charge in [-0.25, -0.2) is 8.78 Å². The molecule has 0 aromatic heterocycles. The Morgan fingerprint density at radius 1 is 1.00 bits per heavy atom. The van der Waals surface area contributed by atoms with Crippen molar-refractivity contribution in [1.82, 2.24) is 14.7 Å². The Hall–Kier alpha value is -2.31. The summed E-state index contributed by atoms with van der Waals surface area (Å²) in [6, 6.07) is 13.4. The highest BCUT2D eigenvalue weighted by molar-refractivity contribution is 5.78. The highest BCUT2D eigenvalue weighted by atomic mass is 19.1. The summed E-state index contributed by atoms with van der Waals surface area (Å²) in [7, 11) is 3.96. The third-order valence-electron chi connectivity index (χ3n) is 5.90. The molecule has 0 unspecified atom stereocenters. The number of carbonyl (C=O) groups is 1. The van der Waals surface area contributed by atoms with Gasteiger partial charge in [0.2, 0.25) is 5.91 Å². The molecular formula is C25H33F2N3O. The van der Waals surface area contributed by atoms with Crippen molar-refractivity contribution < 1.29 is 13.6 Å². The summed E-state index contributed by atoms with van der Waals surface area (Å²) >= 11 is 0. The molecular weight excluding hydrogens is 396 g/mol. The maximum Gasteiger partial charge on any atom is 0.227 e. The number of carbonyl (C=O) groups excluding carboxylic acids is 1. The van der Waals surface area contributed by atoms with Crippen LogP contribution in [0, 0.1) is 17.6 Å². The molecule has 1 saturated heterocycles. The van der Waals surface area contributed by atoms with Crippen LogP contribution >= 0.6 is 0 Å². The van der Waals surface area contributed by atoms with Crippen LogP contribution in [0.4, 0.5) is 8.78 Å². The lowest BCUT2D eigenvalue weighted by atomic mass is 9.96. The quantitative estimate of drug-likeness (QED) is 0.607. The molecule has 31 heavy (non-hydrogen) atoms. The van der Waals surface area contributed by atoms with Crippen LogP contribution in [0.2, 0.25) is 0 Å². The molecule has 2 aromatic rings. The van der Waals surface area contributed by atoms with Crippen LogP contribution in [0.25, 0.3) is 0 Å². The number of benzene rings is 2. The van der Waals surface area contributed by atoms with Crippen LogP contribution in [-0.2, 0) is 17.8 Å². The van der Waals surface area contributed by atoms with E-state index >= 15 is 0 Å². The van der Waals surface area contributed by atoms with Crippen molar-refractivity contribution in [2.75, 3.05) is 46.8 Å². The second-order valence-electron chi connectivity index (χ2n) is 8.75. The van der Waals surface area contributed by atoms with E-state index in [4.69, 9.17) is 0 Å². The molecule has 1 atom stereocenters. The van der Waals surface area contributed by atoms with E-state index in [1.165, 1.54) is 12.1 Å². The molecule has 4 nitrogen and oxygen atoms in total.